The van der Waals surface area contributed by atoms with Gasteiger partial charge in [-0.05, 0) is 26.7 Å². The van der Waals surface area contributed by atoms with Gasteiger partial charge in [0.2, 0.25) is 0 Å². The minimum Gasteiger partial charge on any atom is -0.373 e. The van der Waals surface area contributed by atoms with Crippen molar-refractivity contribution >= 4 is 22.1 Å². The molecule has 3 saturated heterocycles. The first kappa shape index (κ1) is 16.6. The monoisotopic (exact) mass is 346 g/mol. The number of hydrogen-bond donors (Lipinski definition) is 2. The summed E-state index contributed by atoms with van der Waals surface area (Å²) in [5, 5.41) is 4.85. The molecule has 3 fully saturated rings. The van der Waals surface area contributed by atoms with Crippen molar-refractivity contribution in [1.82, 2.24) is 19.2 Å². The van der Waals surface area contributed by atoms with Crippen LogP contribution in [0.3, 0.4) is 0 Å². The van der Waals surface area contributed by atoms with Crippen LogP contribution in [-0.2, 0) is 19.7 Å². The standard InChI is InChI=1S/C13H22N4O5S/c1-9-7-17(8-10(2)22-9)23(20,21)16-5-3-13(4-6-16)11(18)14-12(19)15-13/h9-10H,3-8H2,1-2H3,(H2,14,15,18,19). The maximum atomic E-state index is 12.8. The molecular weight excluding hydrogens is 324 g/mol. The Morgan fingerprint density at radius 3 is 2.13 bits per heavy atom. The van der Waals surface area contributed by atoms with Crippen molar-refractivity contribution in [3.05, 3.63) is 0 Å². The summed E-state index contributed by atoms with van der Waals surface area (Å²) >= 11 is 0. The average Bonchev–Trinajstić information content (AvgIpc) is 2.72. The van der Waals surface area contributed by atoms with Crippen molar-refractivity contribution in [2.45, 2.75) is 44.4 Å². The zero-order chi connectivity index (χ0) is 16.8. The molecule has 2 N–H and O–H groups in total. The van der Waals surface area contributed by atoms with Crippen molar-refractivity contribution in [2.75, 3.05) is 26.2 Å². The Hall–Kier alpha value is -1.23. The van der Waals surface area contributed by atoms with Gasteiger partial charge in [0.1, 0.15) is 5.54 Å². The molecule has 3 amide bonds. The molecule has 9 nitrogen and oxygen atoms in total. The average molecular weight is 346 g/mol. The summed E-state index contributed by atoms with van der Waals surface area (Å²) in [6.45, 7) is 4.76. The van der Waals surface area contributed by atoms with Gasteiger partial charge in [0.05, 0.1) is 12.2 Å². The summed E-state index contributed by atoms with van der Waals surface area (Å²) in [7, 11) is -3.59. The van der Waals surface area contributed by atoms with Gasteiger partial charge >= 0.3 is 6.03 Å². The summed E-state index contributed by atoms with van der Waals surface area (Å²) in [5.74, 6) is -0.367. The van der Waals surface area contributed by atoms with Gasteiger partial charge in [0.25, 0.3) is 16.1 Å². The third-order valence-corrected chi connectivity index (χ3v) is 6.60. The Balaban J connectivity index is 1.69. The van der Waals surface area contributed by atoms with E-state index in [1.165, 1.54) is 8.61 Å². The smallest absolute Gasteiger partial charge is 0.322 e. The second-order valence-electron chi connectivity index (χ2n) is 6.47. The van der Waals surface area contributed by atoms with Crippen molar-refractivity contribution in [1.29, 1.82) is 0 Å². The zero-order valence-corrected chi connectivity index (χ0v) is 14.1. The summed E-state index contributed by atoms with van der Waals surface area (Å²) in [4.78, 5) is 23.2. The Morgan fingerprint density at radius 2 is 1.65 bits per heavy atom. The van der Waals surface area contributed by atoms with Gasteiger partial charge in [-0.25, -0.2) is 4.79 Å². The Labute approximate surface area is 135 Å². The van der Waals surface area contributed by atoms with E-state index in [0.29, 0.717) is 13.1 Å². The molecule has 0 bridgehead atoms. The number of imide groups is 1. The molecule has 3 aliphatic rings. The lowest BCUT2D eigenvalue weighted by atomic mass is 9.89. The van der Waals surface area contributed by atoms with Crippen molar-refractivity contribution < 1.29 is 22.7 Å². The quantitative estimate of drug-likeness (QED) is 0.625. The van der Waals surface area contributed by atoms with Gasteiger partial charge in [-0.15, -0.1) is 0 Å². The molecule has 0 aromatic rings. The van der Waals surface area contributed by atoms with E-state index in [2.05, 4.69) is 10.6 Å². The summed E-state index contributed by atoms with van der Waals surface area (Å²) in [5.41, 5.74) is -0.964. The number of nitrogens with zero attached hydrogens (tertiary/aromatic N) is 2. The van der Waals surface area contributed by atoms with Crippen LogP contribution in [0.4, 0.5) is 4.79 Å². The summed E-state index contributed by atoms with van der Waals surface area (Å²) in [6, 6.07) is -0.512. The van der Waals surface area contributed by atoms with E-state index in [0.717, 1.165) is 0 Å². The van der Waals surface area contributed by atoms with E-state index in [-0.39, 0.29) is 44.0 Å². The molecule has 0 aromatic heterocycles. The molecule has 0 saturated carbocycles. The van der Waals surface area contributed by atoms with E-state index in [1.807, 2.05) is 13.8 Å². The number of nitrogens with one attached hydrogen (secondary N) is 2. The number of amides is 3. The molecule has 3 heterocycles. The van der Waals surface area contributed by atoms with Crippen LogP contribution in [0.2, 0.25) is 0 Å². The largest absolute Gasteiger partial charge is 0.373 e. The van der Waals surface area contributed by atoms with Crippen LogP contribution in [0.15, 0.2) is 0 Å². The molecule has 3 rings (SSSR count). The molecule has 3 aliphatic heterocycles. The van der Waals surface area contributed by atoms with Gasteiger partial charge in [0.15, 0.2) is 0 Å². The van der Waals surface area contributed by atoms with Gasteiger partial charge in [0, 0.05) is 26.2 Å². The number of hydrogen-bond acceptors (Lipinski definition) is 5. The fourth-order valence-corrected chi connectivity index (χ4v) is 5.23. The van der Waals surface area contributed by atoms with Crippen LogP contribution in [0, 0.1) is 0 Å². The predicted molar refractivity (Wildman–Crippen MR) is 80.7 cm³/mol. The number of urea groups is 1. The molecule has 2 unspecified atom stereocenters. The lowest BCUT2D eigenvalue weighted by molar-refractivity contribution is -0.125. The third kappa shape index (κ3) is 2.95. The van der Waals surface area contributed by atoms with Crippen LogP contribution in [-0.4, -0.2) is 72.9 Å². The predicted octanol–water partition coefficient (Wildman–Crippen LogP) is -0.986. The van der Waals surface area contributed by atoms with Crippen molar-refractivity contribution in [3.63, 3.8) is 0 Å². The van der Waals surface area contributed by atoms with Crippen LogP contribution >= 0.6 is 0 Å². The maximum Gasteiger partial charge on any atom is 0.322 e. The topological polar surface area (TPSA) is 108 Å². The van der Waals surface area contributed by atoms with Gasteiger partial charge in [-0.3, -0.25) is 10.1 Å². The third-order valence-electron chi connectivity index (χ3n) is 4.63. The minimum atomic E-state index is -3.59. The van der Waals surface area contributed by atoms with E-state index in [4.69, 9.17) is 4.74 Å². The number of carbonyl (C=O) groups is 2. The maximum absolute atomic E-state index is 12.8. The molecule has 0 radical (unpaired) electrons. The molecule has 0 aromatic carbocycles. The van der Waals surface area contributed by atoms with E-state index in [1.54, 1.807) is 0 Å². The zero-order valence-electron chi connectivity index (χ0n) is 13.2. The minimum absolute atomic E-state index is 0.149. The van der Waals surface area contributed by atoms with Gasteiger partial charge in [-0.1, -0.05) is 0 Å². The van der Waals surface area contributed by atoms with E-state index in [9.17, 15) is 18.0 Å². The Kier molecular flexibility index (Phi) is 4.11. The van der Waals surface area contributed by atoms with E-state index < -0.39 is 21.8 Å². The molecule has 130 valence electrons. The Morgan fingerprint density at radius 1 is 1.09 bits per heavy atom. The SMILES string of the molecule is CC1CN(S(=O)(=O)N2CCC3(CC2)NC(=O)NC3=O)CC(C)O1. The highest BCUT2D eigenvalue weighted by Crippen LogP contribution is 2.28. The van der Waals surface area contributed by atoms with Crippen LogP contribution < -0.4 is 10.6 Å². The normalized spacial score (nSPS) is 32.8. The van der Waals surface area contributed by atoms with E-state index >= 15 is 0 Å². The first-order valence-corrected chi connectivity index (χ1v) is 9.17. The molecule has 0 aliphatic carbocycles. The van der Waals surface area contributed by atoms with Crippen molar-refractivity contribution in [3.8, 4) is 0 Å². The lowest BCUT2D eigenvalue weighted by Gasteiger charge is -2.41. The van der Waals surface area contributed by atoms with Crippen LogP contribution in [0.5, 0.6) is 0 Å². The highest BCUT2D eigenvalue weighted by Gasteiger charge is 2.50. The molecular formula is C13H22N4O5S. The summed E-state index contributed by atoms with van der Waals surface area (Å²) in [6.07, 6.45) is 0.257. The van der Waals surface area contributed by atoms with Gasteiger partial charge < -0.3 is 10.1 Å². The Bertz CT molecular complexity index is 604. The number of morpholine rings is 1. The number of rotatable bonds is 2. The molecule has 2 atom stereocenters. The number of carbonyl (C=O) groups excluding carboxylic acids is 2. The highest BCUT2D eigenvalue weighted by atomic mass is 32.2. The van der Waals surface area contributed by atoms with Gasteiger partial charge in [-0.2, -0.15) is 17.0 Å². The lowest BCUT2D eigenvalue weighted by Crippen LogP contribution is -2.59. The fraction of sp³-hybridized carbons (Fsp3) is 0.846. The first-order valence-electron chi connectivity index (χ1n) is 7.77. The second-order valence-corrected chi connectivity index (χ2v) is 8.40. The summed E-state index contributed by atoms with van der Waals surface area (Å²) < 4.78 is 34.0. The highest BCUT2D eigenvalue weighted by molar-refractivity contribution is 7.86. The first-order chi connectivity index (χ1) is 10.7. The molecule has 10 heteroatoms. The fourth-order valence-electron chi connectivity index (χ4n) is 3.46. The van der Waals surface area contributed by atoms with Crippen molar-refractivity contribution in [2.24, 2.45) is 0 Å². The van der Waals surface area contributed by atoms with Crippen LogP contribution in [0.1, 0.15) is 26.7 Å². The number of ether oxygens (including phenoxy) is 1. The molecule has 1 spiro atoms. The number of piperidine rings is 1. The molecule has 23 heavy (non-hydrogen) atoms. The second kappa shape index (κ2) is 5.69. The van der Waals surface area contributed by atoms with Crippen LogP contribution in [0.25, 0.3) is 0 Å².